The van der Waals surface area contributed by atoms with Crippen molar-refractivity contribution >= 4 is 0 Å². The Hall–Kier alpha value is -1.87. The minimum atomic E-state index is -0.791. The van der Waals surface area contributed by atoms with E-state index < -0.39 is 6.10 Å². The zero-order chi connectivity index (χ0) is 15.7. The molecule has 21 heavy (non-hydrogen) atoms. The van der Waals surface area contributed by atoms with Crippen molar-refractivity contribution in [1.29, 1.82) is 0 Å². The van der Waals surface area contributed by atoms with Crippen molar-refractivity contribution in [2.75, 3.05) is 0 Å². The Labute approximate surface area is 125 Å². The van der Waals surface area contributed by atoms with E-state index in [1.807, 2.05) is 32.9 Å². The van der Waals surface area contributed by atoms with Gasteiger partial charge in [-0.25, -0.2) is 4.39 Å². The highest BCUT2D eigenvalue weighted by Crippen LogP contribution is 2.35. The molecule has 0 aliphatic rings. The Morgan fingerprint density at radius 2 is 1.62 bits per heavy atom. The predicted octanol–water partition coefficient (Wildman–Crippen LogP) is 4.90. The first-order valence-electron chi connectivity index (χ1n) is 7.04. The summed E-state index contributed by atoms with van der Waals surface area (Å²) in [4.78, 5) is 0. The Balaban J connectivity index is 2.54. The van der Waals surface area contributed by atoms with Gasteiger partial charge < -0.3 is 9.84 Å². The predicted molar refractivity (Wildman–Crippen MR) is 82.5 cm³/mol. The lowest BCUT2D eigenvalue weighted by Crippen LogP contribution is -2.01. The number of hydrogen-bond acceptors (Lipinski definition) is 2. The zero-order valence-corrected chi connectivity index (χ0v) is 13.1. The van der Waals surface area contributed by atoms with Gasteiger partial charge in [0.05, 0.1) is 6.10 Å². The summed E-state index contributed by atoms with van der Waals surface area (Å²) >= 11 is 0. The smallest absolute Gasteiger partial charge is 0.133 e. The first-order chi connectivity index (χ1) is 9.81. The summed E-state index contributed by atoms with van der Waals surface area (Å²) in [5.74, 6) is 0.930. The van der Waals surface area contributed by atoms with Crippen LogP contribution in [-0.2, 0) is 0 Å². The molecule has 0 heterocycles. The fourth-order valence-electron chi connectivity index (χ4n) is 2.28. The van der Waals surface area contributed by atoms with E-state index in [-0.39, 0.29) is 5.82 Å². The molecular formula is C18H21FO2. The van der Waals surface area contributed by atoms with Gasteiger partial charge in [-0.15, -0.1) is 0 Å². The number of hydrogen-bond donors (Lipinski definition) is 1. The Morgan fingerprint density at radius 3 is 2.24 bits per heavy atom. The summed E-state index contributed by atoms with van der Waals surface area (Å²) in [7, 11) is 0. The third-order valence-corrected chi connectivity index (χ3v) is 3.83. The molecule has 1 N–H and O–H groups in total. The van der Waals surface area contributed by atoms with Crippen LogP contribution < -0.4 is 4.74 Å². The van der Waals surface area contributed by atoms with Gasteiger partial charge in [0.25, 0.3) is 0 Å². The molecule has 0 fully saturated rings. The van der Waals surface area contributed by atoms with Gasteiger partial charge in [0.2, 0.25) is 0 Å². The number of benzene rings is 2. The van der Waals surface area contributed by atoms with Crippen molar-refractivity contribution in [3.63, 3.8) is 0 Å². The zero-order valence-electron chi connectivity index (χ0n) is 13.1. The lowest BCUT2D eigenvalue weighted by molar-refractivity contribution is 0.195. The van der Waals surface area contributed by atoms with Crippen LogP contribution in [0, 0.1) is 33.5 Å². The second-order valence-corrected chi connectivity index (χ2v) is 5.57. The molecule has 2 aromatic carbocycles. The van der Waals surface area contributed by atoms with E-state index in [1.165, 1.54) is 6.07 Å². The van der Waals surface area contributed by atoms with E-state index in [9.17, 15) is 9.50 Å². The summed E-state index contributed by atoms with van der Waals surface area (Å²) in [6, 6.07) is 7.02. The third kappa shape index (κ3) is 3.08. The molecule has 0 bridgehead atoms. The normalized spacial score (nSPS) is 12.3. The first-order valence-corrected chi connectivity index (χ1v) is 7.04. The van der Waals surface area contributed by atoms with E-state index in [4.69, 9.17) is 4.74 Å². The molecule has 1 atom stereocenters. The lowest BCUT2D eigenvalue weighted by Gasteiger charge is -2.18. The maximum absolute atomic E-state index is 13.7. The molecule has 3 heteroatoms. The number of ether oxygens (including phenoxy) is 1. The molecule has 112 valence electrons. The molecule has 0 saturated heterocycles. The van der Waals surface area contributed by atoms with Crippen LogP contribution in [-0.4, -0.2) is 5.11 Å². The molecule has 0 amide bonds. The van der Waals surface area contributed by atoms with Crippen LogP contribution in [0.3, 0.4) is 0 Å². The number of halogens is 1. The van der Waals surface area contributed by atoms with Gasteiger partial charge in [-0.3, -0.25) is 0 Å². The molecular weight excluding hydrogens is 267 g/mol. The quantitative estimate of drug-likeness (QED) is 0.870. The molecule has 2 rings (SSSR count). The van der Waals surface area contributed by atoms with E-state index in [0.29, 0.717) is 16.9 Å². The largest absolute Gasteiger partial charge is 0.456 e. The highest BCUT2D eigenvalue weighted by Gasteiger charge is 2.16. The lowest BCUT2D eigenvalue weighted by atomic mass is 10.0. The van der Waals surface area contributed by atoms with Crippen LogP contribution in [0.2, 0.25) is 0 Å². The Kier molecular flexibility index (Phi) is 4.33. The molecule has 0 radical (unpaired) electrons. The van der Waals surface area contributed by atoms with E-state index >= 15 is 0 Å². The van der Waals surface area contributed by atoms with Crippen molar-refractivity contribution in [3.8, 4) is 11.5 Å². The molecule has 0 unspecified atom stereocenters. The molecule has 2 nitrogen and oxygen atoms in total. The van der Waals surface area contributed by atoms with E-state index in [2.05, 4.69) is 0 Å². The highest BCUT2D eigenvalue weighted by atomic mass is 19.1. The van der Waals surface area contributed by atoms with Crippen molar-refractivity contribution < 1.29 is 14.2 Å². The topological polar surface area (TPSA) is 29.5 Å². The van der Waals surface area contributed by atoms with Gasteiger partial charge >= 0.3 is 0 Å². The minimum absolute atomic E-state index is 0.337. The average Bonchev–Trinajstić information content (AvgIpc) is 2.42. The van der Waals surface area contributed by atoms with Gasteiger partial charge in [0.1, 0.15) is 17.3 Å². The Bertz CT molecular complexity index is 675. The van der Waals surface area contributed by atoms with Gasteiger partial charge in [0, 0.05) is 5.56 Å². The SMILES string of the molecule is Cc1cc(Oc2c(C)ccc(C)c2C)c([C@@H](C)O)cc1F. The molecule has 0 aliphatic carbocycles. The first kappa shape index (κ1) is 15.5. The summed E-state index contributed by atoms with van der Waals surface area (Å²) in [6.07, 6.45) is -0.791. The molecule has 0 aromatic heterocycles. The van der Waals surface area contributed by atoms with Crippen LogP contribution in [0.4, 0.5) is 4.39 Å². The standard InChI is InChI=1S/C18H21FO2/c1-10-6-7-11(2)18(13(10)4)21-17-8-12(3)16(19)9-15(17)14(5)20/h6-9,14,20H,1-5H3/t14-/m1/s1. The highest BCUT2D eigenvalue weighted by molar-refractivity contribution is 5.49. The van der Waals surface area contributed by atoms with E-state index in [1.54, 1.807) is 19.9 Å². The minimum Gasteiger partial charge on any atom is -0.456 e. The number of aryl methyl sites for hydroxylation is 3. The van der Waals surface area contributed by atoms with Crippen LogP contribution in [0.25, 0.3) is 0 Å². The van der Waals surface area contributed by atoms with Crippen molar-refractivity contribution in [2.24, 2.45) is 0 Å². The maximum atomic E-state index is 13.7. The number of aliphatic hydroxyl groups excluding tert-OH is 1. The van der Waals surface area contributed by atoms with Crippen molar-refractivity contribution in [1.82, 2.24) is 0 Å². The van der Waals surface area contributed by atoms with Crippen LogP contribution in [0.5, 0.6) is 11.5 Å². The van der Waals surface area contributed by atoms with Crippen LogP contribution in [0.1, 0.15) is 40.8 Å². The van der Waals surface area contributed by atoms with Crippen LogP contribution >= 0.6 is 0 Å². The van der Waals surface area contributed by atoms with Gasteiger partial charge in [-0.05, 0) is 69.0 Å². The van der Waals surface area contributed by atoms with Gasteiger partial charge in [0.15, 0.2) is 0 Å². The van der Waals surface area contributed by atoms with Crippen LogP contribution in [0.15, 0.2) is 24.3 Å². The maximum Gasteiger partial charge on any atom is 0.133 e. The molecule has 0 aliphatic heterocycles. The Morgan fingerprint density at radius 1 is 1.00 bits per heavy atom. The third-order valence-electron chi connectivity index (χ3n) is 3.83. The van der Waals surface area contributed by atoms with Gasteiger partial charge in [-0.2, -0.15) is 0 Å². The van der Waals surface area contributed by atoms with E-state index in [0.717, 1.165) is 22.4 Å². The molecule has 0 spiro atoms. The molecule has 0 saturated carbocycles. The van der Waals surface area contributed by atoms with Crippen molar-refractivity contribution in [2.45, 2.75) is 40.7 Å². The van der Waals surface area contributed by atoms with Crippen molar-refractivity contribution in [3.05, 3.63) is 57.9 Å². The molecule has 2 aromatic rings. The summed E-state index contributed by atoms with van der Waals surface area (Å²) in [5, 5.41) is 9.84. The monoisotopic (exact) mass is 288 g/mol. The van der Waals surface area contributed by atoms with Gasteiger partial charge in [-0.1, -0.05) is 12.1 Å². The summed E-state index contributed by atoms with van der Waals surface area (Å²) in [5.41, 5.74) is 4.15. The summed E-state index contributed by atoms with van der Waals surface area (Å²) in [6.45, 7) is 9.28. The summed E-state index contributed by atoms with van der Waals surface area (Å²) < 4.78 is 19.7. The number of rotatable bonds is 3. The number of aliphatic hydroxyl groups is 1. The second kappa shape index (κ2) is 5.86. The fraction of sp³-hybridized carbons (Fsp3) is 0.333. The average molecular weight is 288 g/mol. The second-order valence-electron chi connectivity index (χ2n) is 5.57. The fourth-order valence-corrected chi connectivity index (χ4v) is 2.28.